The maximum Gasteiger partial charge on any atom is 0.410 e. The Morgan fingerprint density at radius 1 is 1.29 bits per heavy atom. The van der Waals surface area contributed by atoms with Crippen LogP contribution in [0.1, 0.15) is 47.5 Å². The van der Waals surface area contributed by atoms with Gasteiger partial charge in [-0.15, -0.1) is 0 Å². The molecule has 1 aliphatic heterocycles. The van der Waals surface area contributed by atoms with Gasteiger partial charge in [0.05, 0.1) is 12.0 Å². The number of hydrogen-bond acceptors (Lipinski definition) is 3. The van der Waals surface area contributed by atoms with Crippen molar-refractivity contribution in [2.24, 2.45) is 5.92 Å². The predicted octanol–water partition coefficient (Wildman–Crippen LogP) is 2.93. The van der Waals surface area contributed by atoms with Crippen LogP contribution in [-0.2, 0) is 4.74 Å². The molecule has 4 heteroatoms. The molecular weight excluding hydrogens is 216 g/mol. The maximum atomic E-state index is 12.1. The summed E-state index contributed by atoms with van der Waals surface area (Å²) in [5, 5.41) is 8.95. The molecule has 1 amide bonds. The number of nitriles is 1. The summed E-state index contributed by atoms with van der Waals surface area (Å²) >= 11 is 0. The first-order chi connectivity index (χ1) is 7.74. The lowest BCUT2D eigenvalue weighted by molar-refractivity contribution is -0.00384. The summed E-state index contributed by atoms with van der Waals surface area (Å²) in [6.45, 7) is 9.54. The van der Waals surface area contributed by atoms with Gasteiger partial charge in [0.1, 0.15) is 5.60 Å². The fraction of sp³-hybridized carbons (Fsp3) is 0.846. The molecule has 0 bridgehead atoms. The lowest BCUT2D eigenvalue weighted by Crippen LogP contribution is -2.51. The topological polar surface area (TPSA) is 53.3 Å². The molecule has 96 valence electrons. The van der Waals surface area contributed by atoms with E-state index in [1.807, 2.05) is 34.6 Å². The first-order valence-corrected chi connectivity index (χ1v) is 6.15. The Kier molecular flexibility index (Phi) is 4.03. The van der Waals surface area contributed by atoms with Crippen molar-refractivity contribution in [3.05, 3.63) is 0 Å². The van der Waals surface area contributed by atoms with E-state index in [2.05, 4.69) is 6.07 Å². The molecule has 17 heavy (non-hydrogen) atoms. The number of carbonyl (C=O) groups is 1. The minimum absolute atomic E-state index is 0.0543. The number of rotatable bonds is 0. The standard InChI is InChI=1S/C13H22N2O2/c1-9-6-11(8-14)7-10(2)15(9)12(16)17-13(3,4)5/h9-11H,6-7H2,1-5H3/t9-,10-/m1/s1. The average molecular weight is 238 g/mol. The zero-order chi connectivity index (χ0) is 13.2. The molecular formula is C13H22N2O2. The minimum atomic E-state index is -0.470. The van der Waals surface area contributed by atoms with Crippen molar-refractivity contribution < 1.29 is 9.53 Å². The molecule has 2 atom stereocenters. The Hall–Kier alpha value is -1.24. The van der Waals surface area contributed by atoms with Crippen LogP contribution in [-0.4, -0.2) is 28.7 Å². The largest absolute Gasteiger partial charge is 0.444 e. The van der Waals surface area contributed by atoms with E-state index in [0.29, 0.717) is 0 Å². The number of likely N-dealkylation sites (tertiary alicyclic amines) is 1. The van der Waals surface area contributed by atoms with Crippen molar-refractivity contribution in [1.82, 2.24) is 4.90 Å². The fourth-order valence-electron chi connectivity index (χ4n) is 2.36. The fourth-order valence-corrected chi connectivity index (χ4v) is 2.36. The van der Waals surface area contributed by atoms with Gasteiger partial charge in [-0.25, -0.2) is 4.79 Å². The van der Waals surface area contributed by atoms with Crippen LogP contribution < -0.4 is 0 Å². The Morgan fingerprint density at radius 2 is 1.76 bits per heavy atom. The van der Waals surface area contributed by atoms with Gasteiger partial charge in [0.2, 0.25) is 0 Å². The first-order valence-electron chi connectivity index (χ1n) is 6.15. The van der Waals surface area contributed by atoms with Crippen LogP contribution >= 0.6 is 0 Å². The smallest absolute Gasteiger partial charge is 0.410 e. The molecule has 1 fully saturated rings. The van der Waals surface area contributed by atoms with Gasteiger partial charge in [0, 0.05) is 12.1 Å². The maximum absolute atomic E-state index is 12.1. The summed E-state index contributed by atoms with van der Waals surface area (Å²) in [5.74, 6) is 0.0543. The van der Waals surface area contributed by atoms with E-state index >= 15 is 0 Å². The Balaban J connectivity index is 2.71. The third-order valence-corrected chi connectivity index (χ3v) is 2.99. The van der Waals surface area contributed by atoms with E-state index in [1.165, 1.54) is 0 Å². The Labute approximate surface area is 104 Å². The second-order valence-corrected chi connectivity index (χ2v) is 5.88. The lowest BCUT2D eigenvalue weighted by atomic mass is 9.88. The van der Waals surface area contributed by atoms with Crippen LogP contribution in [0.2, 0.25) is 0 Å². The first kappa shape index (κ1) is 13.8. The Morgan fingerprint density at radius 3 is 2.12 bits per heavy atom. The van der Waals surface area contributed by atoms with E-state index in [9.17, 15) is 4.79 Å². The van der Waals surface area contributed by atoms with Crippen LogP contribution in [0.4, 0.5) is 4.79 Å². The van der Waals surface area contributed by atoms with Crippen LogP contribution in [0.25, 0.3) is 0 Å². The number of carbonyl (C=O) groups excluding carboxylic acids is 1. The predicted molar refractivity (Wildman–Crippen MR) is 65.3 cm³/mol. The molecule has 0 aromatic carbocycles. The summed E-state index contributed by atoms with van der Waals surface area (Å²) in [7, 11) is 0. The van der Waals surface area contributed by atoms with Gasteiger partial charge in [-0.05, 0) is 47.5 Å². The van der Waals surface area contributed by atoms with Gasteiger partial charge in [-0.3, -0.25) is 0 Å². The summed E-state index contributed by atoms with van der Waals surface area (Å²) in [6, 6.07) is 2.43. The summed E-state index contributed by atoms with van der Waals surface area (Å²) in [5.41, 5.74) is -0.470. The highest BCUT2D eigenvalue weighted by molar-refractivity contribution is 5.69. The highest BCUT2D eigenvalue weighted by atomic mass is 16.6. The normalized spacial score (nSPS) is 29.6. The number of ether oxygens (including phenoxy) is 1. The number of nitrogens with zero attached hydrogens (tertiary/aromatic N) is 2. The van der Waals surface area contributed by atoms with E-state index in [0.717, 1.165) is 12.8 Å². The molecule has 1 aliphatic rings. The zero-order valence-electron chi connectivity index (χ0n) is 11.4. The van der Waals surface area contributed by atoms with Crippen LogP contribution in [0, 0.1) is 17.2 Å². The second kappa shape index (κ2) is 4.95. The molecule has 0 spiro atoms. The average Bonchev–Trinajstić information content (AvgIpc) is 2.13. The van der Waals surface area contributed by atoms with Crippen molar-refractivity contribution in [3.8, 4) is 6.07 Å². The van der Waals surface area contributed by atoms with Crippen molar-refractivity contribution in [2.45, 2.75) is 65.1 Å². The van der Waals surface area contributed by atoms with E-state index in [-0.39, 0.29) is 24.1 Å². The summed E-state index contributed by atoms with van der Waals surface area (Å²) < 4.78 is 5.39. The van der Waals surface area contributed by atoms with E-state index < -0.39 is 5.60 Å². The third-order valence-electron chi connectivity index (χ3n) is 2.99. The molecule has 0 aliphatic carbocycles. The molecule has 4 nitrogen and oxygen atoms in total. The molecule has 0 saturated carbocycles. The molecule has 0 N–H and O–H groups in total. The van der Waals surface area contributed by atoms with Gasteiger partial charge in [-0.1, -0.05) is 0 Å². The van der Waals surface area contributed by atoms with E-state index in [4.69, 9.17) is 10.00 Å². The summed E-state index contributed by atoms with van der Waals surface area (Å²) in [6.07, 6.45) is 1.20. The second-order valence-electron chi connectivity index (χ2n) is 5.88. The van der Waals surface area contributed by atoms with E-state index in [1.54, 1.807) is 4.90 Å². The zero-order valence-corrected chi connectivity index (χ0v) is 11.4. The van der Waals surface area contributed by atoms with Crippen molar-refractivity contribution in [2.75, 3.05) is 0 Å². The number of amides is 1. The quantitative estimate of drug-likeness (QED) is 0.652. The summed E-state index contributed by atoms with van der Waals surface area (Å²) in [4.78, 5) is 13.8. The number of piperidine rings is 1. The molecule has 0 radical (unpaired) electrons. The molecule has 1 saturated heterocycles. The third kappa shape index (κ3) is 3.62. The highest BCUT2D eigenvalue weighted by Gasteiger charge is 2.36. The molecule has 1 heterocycles. The van der Waals surface area contributed by atoms with Crippen molar-refractivity contribution in [1.29, 1.82) is 5.26 Å². The number of hydrogen-bond donors (Lipinski definition) is 0. The van der Waals surface area contributed by atoms with Gasteiger partial charge in [0.15, 0.2) is 0 Å². The van der Waals surface area contributed by atoms with Gasteiger partial charge >= 0.3 is 6.09 Å². The van der Waals surface area contributed by atoms with Crippen molar-refractivity contribution in [3.63, 3.8) is 0 Å². The Bertz CT molecular complexity index is 315. The molecule has 1 rings (SSSR count). The van der Waals surface area contributed by atoms with Gasteiger partial charge < -0.3 is 9.64 Å². The van der Waals surface area contributed by atoms with Crippen LogP contribution in [0.5, 0.6) is 0 Å². The van der Waals surface area contributed by atoms with Gasteiger partial charge in [-0.2, -0.15) is 5.26 Å². The monoisotopic (exact) mass is 238 g/mol. The van der Waals surface area contributed by atoms with Crippen LogP contribution in [0.3, 0.4) is 0 Å². The van der Waals surface area contributed by atoms with Gasteiger partial charge in [0.25, 0.3) is 0 Å². The lowest BCUT2D eigenvalue weighted by Gasteiger charge is -2.41. The molecule has 0 aromatic rings. The SMILES string of the molecule is C[C@@H]1CC(C#N)C[C@@H](C)N1C(=O)OC(C)(C)C. The minimum Gasteiger partial charge on any atom is -0.444 e. The van der Waals surface area contributed by atoms with Crippen molar-refractivity contribution >= 4 is 6.09 Å². The highest BCUT2D eigenvalue weighted by Crippen LogP contribution is 2.28. The van der Waals surface area contributed by atoms with Crippen LogP contribution in [0.15, 0.2) is 0 Å². The molecule has 0 unspecified atom stereocenters. The molecule has 0 aromatic heterocycles.